The third-order valence-electron chi connectivity index (χ3n) is 1.90. The number of carbonyl (C=O) groups excluding carboxylic acids is 1. The van der Waals surface area contributed by atoms with E-state index in [2.05, 4.69) is 22.3 Å². The van der Waals surface area contributed by atoms with Crippen LogP contribution in [-0.2, 0) is 14.8 Å². The number of sulfonamides is 1. The van der Waals surface area contributed by atoms with Crippen molar-refractivity contribution in [1.82, 2.24) is 10.6 Å². The van der Waals surface area contributed by atoms with E-state index in [1.807, 2.05) is 0 Å². The Kier molecular flexibility index (Phi) is 7.15. The fourth-order valence-corrected chi connectivity index (χ4v) is 1.49. The number of nitrogens with one attached hydrogen (secondary N) is 2. The summed E-state index contributed by atoms with van der Waals surface area (Å²) in [5.74, 6) is -0.692. The molecule has 0 aliphatic rings. The van der Waals surface area contributed by atoms with E-state index in [1.54, 1.807) is 13.2 Å². The maximum atomic E-state index is 11.2. The first kappa shape index (κ1) is 15.6. The lowest BCUT2D eigenvalue weighted by molar-refractivity contribution is -0.120. The second kappa shape index (κ2) is 7.80. The summed E-state index contributed by atoms with van der Waals surface area (Å²) in [5.41, 5.74) is 0.826. The van der Waals surface area contributed by atoms with Crippen molar-refractivity contribution < 1.29 is 13.2 Å². The van der Waals surface area contributed by atoms with Crippen LogP contribution in [0.15, 0.2) is 16.9 Å². The zero-order chi connectivity index (χ0) is 13.3. The molecule has 1 amide bonds. The normalized spacial score (nSPS) is 12.0. The van der Waals surface area contributed by atoms with Gasteiger partial charge in [0.2, 0.25) is 15.9 Å². The van der Waals surface area contributed by atoms with E-state index in [9.17, 15) is 13.2 Å². The van der Waals surface area contributed by atoms with Gasteiger partial charge in [-0.2, -0.15) is 0 Å². The van der Waals surface area contributed by atoms with Gasteiger partial charge in [0.05, 0.1) is 5.75 Å². The number of nitrogens with zero attached hydrogens (tertiary/aromatic N) is 1. The molecule has 0 aliphatic heterocycles. The Morgan fingerprint density at radius 3 is 2.59 bits per heavy atom. The van der Waals surface area contributed by atoms with E-state index in [0.29, 0.717) is 13.0 Å². The van der Waals surface area contributed by atoms with Crippen molar-refractivity contribution in [3.63, 3.8) is 0 Å². The van der Waals surface area contributed by atoms with E-state index in [0.717, 1.165) is 5.70 Å². The first-order chi connectivity index (χ1) is 7.89. The lowest BCUT2D eigenvalue weighted by atomic mass is 10.3. The minimum atomic E-state index is -3.58. The fourth-order valence-electron chi connectivity index (χ4n) is 1.02. The van der Waals surface area contributed by atoms with Gasteiger partial charge in [0.1, 0.15) is 0 Å². The van der Waals surface area contributed by atoms with Crippen LogP contribution in [0.4, 0.5) is 0 Å². The van der Waals surface area contributed by atoms with Gasteiger partial charge in [0, 0.05) is 38.3 Å². The number of primary sulfonamides is 1. The van der Waals surface area contributed by atoms with Gasteiger partial charge in [-0.25, -0.2) is 13.6 Å². The molecule has 0 aliphatic carbocycles. The number of nitrogens with two attached hydrogens (primary N) is 1. The molecule has 0 rings (SSSR count). The molecule has 4 N–H and O–H groups in total. The standard InChI is InChI=1S/C9H18N4O3S/c1-11-7-8(12-2)3-5-13-9(14)4-6-17(10,15)16/h7,12H,1,3-6H2,2H3,(H,13,14)(H2,10,15,16)/b8-7-. The van der Waals surface area contributed by atoms with Gasteiger partial charge in [0.15, 0.2) is 0 Å². The molecule has 17 heavy (non-hydrogen) atoms. The topological polar surface area (TPSA) is 114 Å². The largest absolute Gasteiger partial charge is 0.390 e. The Morgan fingerprint density at radius 2 is 2.12 bits per heavy atom. The lowest BCUT2D eigenvalue weighted by Crippen LogP contribution is -2.29. The number of rotatable bonds is 8. The van der Waals surface area contributed by atoms with Crippen molar-refractivity contribution in [1.29, 1.82) is 0 Å². The monoisotopic (exact) mass is 262 g/mol. The summed E-state index contributed by atoms with van der Waals surface area (Å²) in [6.07, 6.45) is 1.99. The molecule has 0 aromatic carbocycles. The molecule has 7 nitrogen and oxygen atoms in total. The quantitative estimate of drug-likeness (QED) is 0.483. The molecule has 0 saturated heterocycles. The average molecular weight is 262 g/mol. The van der Waals surface area contributed by atoms with E-state index in [1.165, 1.54) is 0 Å². The molecule has 0 heterocycles. The highest BCUT2D eigenvalue weighted by Gasteiger charge is 2.07. The minimum Gasteiger partial charge on any atom is -0.390 e. The number of carbonyl (C=O) groups is 1. The molecule has 98 valence electrons. The zero-order valence-corrected chi connectivity index (χ0v) is 10.6. The Morgan fingerprint density at radius 1 is 1.47 bits per heavy atom. The van der Waals surface area contributed by atoms with Crippen LogP contribution in [0.2, 0.25) is 0 Å². The van der Waals surface area contributed by atoms with Gasteiger partial charge in [0.25, 0.3) is 0 Å². The summed E-state index contributed by atoms with van der Waals surface area (Å²) in [4.78, 5) is 14.8. The summed E-state index contributed by atoms with van der Waals surface area (Å²) < 4.78 is 21.2. The van der Waals surface area contributed by atoms with E-state index >= 15 is 0 Å². The first-order valence-corrected chi connectivity index (χ1v) is 6.70. The van der Waals surface area contributed by atoms with Crippen molar-refractivity contribution in [2.75, 3.05) is 19.3 Å². The first-order valence-electron chi connectivity index (χ1n) is 4.99. The van der Waals surface area contributed by atoms with Gasteiger partial charge in [-0.05, 0) is 6.72 Å². The maximum absolute atomic E-state index is 11.2. The van der Waals surface area contributed by atoms with Gasteiger partial charge >= 0.3 is 0 Å². The summed E-state index contributed by atoms with van der Waals surface area (Å²) >= 11 is 0. The minimum absolute atomic E-state index is 0.128. The Labute approximate surface area is 101 Å². The summed E-state index contributed by atoms with van der Waals surface area (Å²) in [7, 11) is -1.85. The summed E-state index contributed by atoms with van der Waals surface area (Å²) in [6.45, 7) is 3.71. The van der Waals surface area contributed by atoms with Crippen molar-refractivity contribution >= 4 is 22.6 Å². The molecule has 0 unspecified atom stereocenters. The van der Waals surface area contributed by atoms with Gasteiger partial charge in [-0.1, -0.05) is 0 Å². The molecule has 0 aromatic rings. The van der Waals surface area contributed by atoms with Crippen LogP contribution < -0.4 is 15.8 Å². The molecule has 0 fully saturated rings. The second-order valence-electron chi connectivity index (χ2n) is 3.30. The van der Waals surface area contributed by atoms with Gasteiger partial charge in [-0.15, -0.1) is 0 Å². The Bertz CT molecular complexity index is 389. The third kappa shape index (κ3) is 9.52. The highest BCUT2D eigenvalue weighted by Crippen LogP contribution is 1.94. The molecule has 0 saturated carbocycles. The van der Waals surface area contributed by atoms with Crippen molar-refractivity contribution in [2.24, 2.45) is 10.1 Å². The van der Waals surface area contributed by atoms with E-state index < -0.39 is 10.0 Å². The third-order valence-corrected chi connectivity index (χ3v) is 2.67. The molecular formula is C9H18N4O3S. The van der Waals surface area contributed by atoms with Crippen LogP contribution in [0, 0.1) is 0 Å². The van der Waals surface area contributed by atoms with Crippen LogP contribution >= 0.6 is 0 Å². The van der Waals surface area contributed by atoms with Crippen LogP contribution in [0.1, 0.15) is 12.8 Å². The molecule has 0 aromatic heterocycles. The van der Waals surface area contributed by atoms with Crippen molar-refractivity contribution in [3.8, 4) is 0 Å². The second-order valence-corrected chi connectivity index (χ2v) is 5.04. The lowest BCUT2D eigenvalue weighted by Gasteiger charge is -2.07. The molecule has 0 atom stereocenters. The number of hydrogen-bond acceptors (Lipinski definition) is 5. The molecule has 0 spiro atoms. The van der Waals surface area contributed by atoms with E-state index in [4.69, 9.17) is 5.14 Å². The van der Waals surface area contributed by atoms with Gasteiger partial charge < -0.3 is 10.6 Å². The Balaban J connectivity index is 3.86. The van der Waals surface area contributed by atoms with Gasteiger partial charge in [-0.3, -0.25) is 9.79 Å². The van der Waals surface area contributed by atoms with Crippen molar-refractivity contribution in [3.05, 3.63) is 11.9 Å². The molecule has 0 radical (unpaired) electrons. The van der Waals surface area contributed by atoms with Crippen LogP contribution in [0.3, 0.4) is 0 Å². The average Bonchev–Trinajstić information content (AvgIpc) is 2.24. The highest BCUT2D eigenvalue weighted by molar-refractivity contribution is 7.89. The Hall–Kier alpha value is -1.41. The van der Waals surface area contributed by atoms with Crippen molar-refractivity contribution in [2.45, 2.75) is 12.8 Å². The van der Waals surface area contributed by atoms with Crippen LogP contribution in [0.25, 0.3) is 0 Å². The zero-order valence-electron chi connectivity index (χ0n) is 9.77. The van der Waals surface area contributed by atoms with Crippen LogP contribution in [0.5, 0.6) is 0 Å². The predicted molar refractivity (Wildman–Crippen MR) is 66.9 cm³/mol. The van der Waals surface area contributed by atoms with Crippen LogP contribution in [-0.4, -0.2) is 40.4 Å². The molecule has 8 heteroatoms. The number of aliphatic imine (C=N–C) groups is 1. The summed E-state index contributed by atoms with van der Waals surface area (Å²) in [5, 5.41) is 10.2. The number of amides is 1. The molecular weight excluding hydrogens is 244 g/mol. The summed E-state index contributed by atoms with van der Waals surface area (Å²) in [6, 6.07) is 0. The SMILES string of the molecule is C=N/C=C(/CCNC(=O)CCS(N)(=O)=O)NC. The smallest absolute Gasteiger partial charge is 0.221 e. The predicted octanol–water partition coefficient (Wildman–Crippen LogP) is -1.07. The fraction of sp³-hybridized carbons (Fsp3) is 0.556. The maximum Gasteiger partial charge on any atom is 0.221 e. The van der Waals surface area contributed by atoms with E-state index in [-0.39, 0.29) is 18.1 Å². The molecule has 0 bridgehead atoms. The number of hydrogen-bond donors (Lipinski definition) is 3. The highest BCUT2D eigenvalue weighted by atomic mass is 32.2.